The lowest BCUT2D eigenvalue weighted by Crippen LogP contribution is -2.14. The molecule has 1 amide bonds. The van der Waals surface area contributed by atoms with Gasteiger partial charge in [-0.3, -0.25) is 4.79 Å². The molecule has 0 heterocycles. The van der Waals surface area contributed by atoms with Crippen LogP contribution in [0.2, 0.25) is 0 Å². The van der Waals surface area contributed by atoms with Crippen molar-refractivity contribution in [2.45, 2.75) is 116 Å². The number of aryl methyl sites for hydroxylation is 1. The molecule has 1 aromatic carbocycles. The van der Waals surface area contributed by atoms with Gasteiger partial charge >= 0.3 is 5.97 Å². The van der Waals surface area contributed by atoms with E-state index in [4.69, 9.17) is 10.8 Å². The number of carbonyl (C=O) groups is 2. The van der Waals surface area contributed by atoms with Gasteiger partial charge < -0.3 is 10.8 Å². The molecule has 0 unspecified atom stereocenters. The van der Waals surface area contributed by atoms with E-state index in [1.54, 1.807) is 6.07 Å². The lowest BCUT2D eigenvalue weighted by atomic mass is 9.97. The van der Waals surface area contributed by atoms with Crippen LogP contribution in [0.3, 0.4) is 0 Å². The van der Waals surface area contributed by atoms with Crippen molar-refractivity contribution in [3.05, 3.63) is 34.9 Å². The first-order valence-electron chi connectivity index (χ1n) is 12.2. The van der Waals surface area contributed by atoms with Crippen LogP contribution in [0.5, 0.6) is 0 Å². The molecule has 4 heteroatoms. The SMILES string of the molecule is CCCCCCCCCCCCCCCCCCc1cc(C(=O)O)ccc1C(N)=O. The van der Waals surface area contributed by atoms with E-state index in [0.717, 1.165) is 18.4 Å². The van der Waals surface area contributed by atoms with E-state index in [-0.39, 0.29) is 5.56 Å². The molecule has 0 aromatic heterocycles. The minimum absolute atomic E-state index is 0.214. The van der Waals surface area contributed by atoms with Gasteiger partial charge in [-0.2, -0.15) is 0 Å². The van der Waals surface area contributed by atoms with Gasteiger partial charge in [0.15, 0.2) is 0 Å². The summed E-state index contributed by atoms with van der Waals surface area (Å²) in [6, 6.07) is 4.57. The standard InChI is InChI=1S/C26H43NO3/c1-2-3-4-5-6-7-8-9-10-11-12-13-14-15-16-17-18-22-21-23(26(29)30)19-20-24(22)25(27)28/h19-21H,2-18H2,1H3,(H2,27,28)(H,29,30). The number of hydrogen-bond acceptors (Lipinski definition) is 2. The minimum atomic E-state index is -0.973. The van der Waals surface area contributed by atoms with Crippen LogP contribution in [0, 0.1) is 0 Å². The molecule has 1 rings (SSSR count). The smallest absolute Gasteiger partial charge is 0.335 e. The summed E-state index contributed by atoms with van der Waals surface area (Å²) in [5.74, 6) is -1.46. The Kier molecular flexibility index (Phi) is 14.8. The Morgan fingerprint density at radius 3 is 1.57 bits per heavy atom. The van der Waals surface area contributed by atoms with Crippen LogP contribution in [0.4, 0.5) is 0 Å². The molecule has 0 saturated carbocycles. The number of carboxylic acid groups (broad SMARTS) is 1. The molecule has 30 heavy (non-hydrogen) atoms. The summed E-state index contributed by atoms with van der Waals surface area (Å²) >= 11 is 0. The van der Waals surface area contributed by atoms with Gasteiger partial charge in [-0.15, -0.1) is 0 Å². The second kappa shape index (κ2) is 16.9. The van der Waals surface area contributed by atoms with Gasteiger partial charge in [-0.1, -0.05) is 103 Å². The molecule has 3 N–H and O–H groups in total. The fourth-order valence-corrected chi connectivity index (χ4v) is 4.04. The highest BCUT2D eigenvalue weighted by molar-refractivity contribution is 5.96. The van der Waals surface area contributed by atoms with E-state index in [1.807, 2.05) is 0 Å². The van der Waals surface area contributed by atoms with Crippen molar-refractivity contribution in [2.75, 3.05) is 0 Å². The van der Waals surface area contributed by atoms with Crippen molar-refractivity contribution in [3.8, 4) is 0 Å². The summed E-state index contributed by atoms with van der Waals surface area (Å²) in [6.45, 7) is 2.27. The number of nitrogens with two attached hydrogens (primary N) is 1. The maximum atomic E-state index is 11.5. The Bertz CT molecular complexity index is 612. The van der Waals surface area contributed by atoms with Gasteiger partial charge in [0.25, 0.3) is 0 Å². The quantitative estimate of drug-likeness (QED) is 0.232. The highest BCUT2D eigenvalue weighted by Crippen LogP contribution is 2.17. The summed E-state index contributed by atoms with van der Waals surface area (Å²) in [5.41, 5.74) is 6.83. The van der Waals surface area contributed by atoms with Crippen molar-refractivity contribution in [1.29, 1.82) is 0 Å². The number of hydrogen-bond donors (Lipinski definition) is 2. The first kappa shape index (κ1) is 26.2. The Morgan fingerprint density at radius 1 is 0.733 bits per heavy atom. The van der Waals surface area contributed by atoms with Crippen LogP contribution >= 0.6 is 0 Å². The summed E-state index contributed by atoms with van der Waals surface area (Å²) in [5, 5.41) is 9.14. The van der Waals surface area contributed by atoms with Crippen molar-refractivity contribution < 1.29 is 14.7 Å². The topological polar surface area (TPSA) is 80.4 Å². The predicted molar refractivity (Wildman–Crippen MR) is 125 cm³/mol. The van der Waals surface area contributed by atoms with Crippen molar-refractivity contribution >= 4 is 11.9 Å². The molecule has 0 aliphatic carbocycles. The number of rotatable bonds is 19. The van der Waals surface area contributed by atoms with Crippen LogP contribution < -0.4 is 5.73 Å². The average Bonchev–Trinajstić information content (AvgIpc) is 2.73. The summed E-state index contributed by atoms with van der Waals surface area (Å²) < 4.78 is 0. The maximum Gasteiger partial charge on any atom is 0.335 e. The summed E-state index contributed by atoms with van der Waals surface area (Å²) in [7, 11) is 0. The van der Waals surface area contributed by atoms with Crippen molar-refractivity contribution in [3.63, 3.8) is 0 Å². The third-order valence-corrected chi connectivity index (χ3v) is 5.92. The van der Waals surface area contributed by atoms with E-state index in [2.05, 4.69) is 6.92 Å². The Morgan fingerprint density at radius 2 is 1.17 bits per heavy atom. The molecule has 1 aromatic rings. The highest BCUT2D eigenvalue weighted by atomic mass is 16.4. The zero-order valence-corrected chi connectivity index (χ0v) is 19.1. The van der Waals surface area contributed by atoms with Gasteiger partial charge in [-0.05, 0) is 36.6 Å². The highest BCUT2D eigenvalue weighted by Gasteiger charge is 2.11. The monoisotopic (exact) mass is 417 g/mol. The molecule has 0 bridgehead atoms. The van der Waals surface area contributed by atoms with Crippen LogP contribution in [-0.4, -0.2) is 17.0 Å². The largest absolute Gasteiger partial charge is 0.478 e. The maximum absolute atomic E-state index is 11.5. The Balaban J connectivity index is 2.02. The minimum Gasteiger partial charge on any atom is -0.478 e. The number of unbranched alkanes of at least 4 members (excludes halogenated alkanes) is 15. The number of primary amides is 1. The number of amides is 1. The Hall–Kier alpha value is -1.84. The van der Waals surface area contributed by atoms with E-state index >= 15 is 0 Å². The lowest BCUT2D eigenvalue weighted by Gasteiger charge is -2.08. The first-order valence-corrected chi connectivity index (χ1v) is 12.2. The van der Waals surface area contributed by atoms with Crippen molar-refractivity contribution in [1.82, 2.24) is 0 Å². The fourth-order valence-electron chi connectivity index (χ4n) is 4.04. The summed E-state index contributed by atoms with van der Waals surface area (Å²) in [6.07, 6.45) is 21.8. The number of aromatic carboxylic acids is 1. The molecule has 170 valence electrons. The van der Waals surface area contributed by atoms with Gasteiger partial charge in [0, 0.05) is 5.56 Å². The molecule has 4 nitrogen and oxygen atoms in total. The molecule has 0 aliphatic heterocycles. The molecule has 0 radical (unpaired) electrons. The lowest BCUT2D eigenvalue weighted by molar-refractivity contribution is 0.0696. The van der Waals surface area contributed by atoms with Crippen molar-refractivity contribution in [2.24, 2.45) is 5.73 Å². The van der Waals surface area contributed by atoms with E-state index in [9.17, 15) is 9.59 Å². The third-order valence-electron chi connectivity index (χ3n) is 5.92. The molecule has 0 spiro atoms. The number of benzene rings is 1. The van der Waals surface area contributed by atoms with Gasteiger partial charge in [0.1, 0.15) is 0 Å². The molecular weight excluding hydrogens is 374 g/mol. The molecule has 0 aliphatic rings. The third kappa shape index (κ3) is 12.0. The fraction of sp³-hybridized carbons (Fsp3) is 0.692. The van der Waals surface area contributed by atoms with E-state index < -0.39 is 11.9 Å². The Labute approximate surface area is 183 Å². The molecular formula is C26H43NO3. The first-order chi connectivity index (χ1) is 14.6. The zero-order chi connectivity index (χ0) is 22.0. The molecule has 0 saturated heterocycles. The second-order valence-electron chi connectivity index (χ2n) is 8.59. The summed E-state index contributed by atoms with van der Waals surface area (Å²) in [4.78, 5) is 22.7. The zero-order valence-electron chi connectivity index (χ0n) is 19.1. The second-order valence-corrected chi connectivity index (χ2v) is 8.59. The van der Waals surface area contributed by atoms with E-state index in [1.165, 1.54) is 102 Å². The predicted octanol–water partition coefficient (Wildman–Crippen LogP) is 7.29. The average molecular weight is 418 g/mol. The number of carboxylic acids is 1. The normalized spacial score (nSPS) is 11.0. The van der Waals surface area contributed by atoms with Crippen LogP contribution in [0.1, 0.15) is 136 Å². The van der Waals surface area contributed by atoms with E-state index in [0.29, 0.717) is 12.0 Å². The van der Waals surface area contributed by atoms with Gasteiger partial charge in [0.2, 0.25) is 5.91 Å². The molecule has 0 atom stereocenters. The van der Waals surface area contributed by atoms with Crippen LogP contribution in [0.25, 0.3) is 0 Å². The molecule has 0 fully saturated rings. The van der Waals surface area contributed by atoms with Gasteiger partial charge in [0.05, 0.1) is 5.56 Å². The van der Waals surface area contributed by atoms with Crippen LogP contribution in [0.15, 0.2) is 18.2 Å². The van der Waals surface area contributed by atoms with Crippen LogP contribution in [-0.2, 0) is 6.42 Å². The number of carbonyl (C=O) groups excluding carboxylic acids is 1. The van der Waals surface area contributed by atoms with Gasteiger partial charge in [-0.25, -0.2) is 4.79 Å².